The average molecular weight is 248 g/mol. The van der Waals surface area contributed by atoms with Gasteiger partial charge >= 0.3 is 0 Å². The van der Waals surface area contributed by atoms with E-state index in [0.717, 1.165) is 0 Å². The summed E-state index contributed by atoms with van der Waals surface area (Å²) in [4.78, 5) is 12.1. The fourth-order valence-corrected chi connectivity index (χ4v) is 1.72. The Kier molecular flexibility index (Phi) is 3.47. The molecule has 2 aromatic rings. The molecule has 96 valence electrons. The third kappa shape index (κ3) is 2.28. The number of carbonyl (C=O) groups excluding carboxylic acids is 1. The molecule has 2 heterocycles. The summed E-state index contributed by atoms with van der Waals surface area (Å²) >= 11 is 0. The smallest absolute Gasteiger partial charge is 0.256 e. The molecule has 1 amide bonds. The second-order valence-electron chi connectivity index (χ2n) is 4.15. The lowest BCUT2D eigenvalue weighted by atomic mass is 10.2. The number of hydrogen-bond acceptors (Lipinski definition) is 3. The van der Waals surface area contributed by atoms with Gasteiger partial charge in [0.25, 0.3) is 5.91 Å². The molecule has 0 aliphatic carbocycles. The van der Waals surface area contributed by atoms with Crippen molar-refractivity contribution in [3.63, 3.8) is 0 Å². The summed E-state index contributed by atoms with van der Waals surface area (Å²) in [5.41, 5.74) is 0.481. The SMILES string of the molecule is CC(CO)NC(=O)c1cnn(C)c1-n1cccc1. The van der Waals surface area contributed by atoms with Crippen LogP contribution in [0.25, 0.3) is 5.82 Å². The van der Waals surface area contributed by atoms with Crippen LogP contribution in [0.4, 0.5) is 0 Å². The zero-order chi connectivity index (χ0) is 13.1. The number of rotatable bonds is 4. The number of aromatic nitrogens is 3. The van der Waals surface area contributed by atoms with Gasteiger partial charge in [-0.2, -0.15) is 5.10 Å². The minimum Gasteiger partial charge on any atom is -0.394 e. The molecule has 6 heteroatoms. The van der Waals surface area contributed by atoms with Gasteiger partial charge in [-0.05, 0) is 19.1 Å². The molecule has 2 N–H and O–H groups in total. The van der Waals surface area contributed by atoms with Crippen LogP contribution in [-0.4, -0.2) is 38.0 Å². The van der Waals surface area contributed by atoms with Crippen molar-refractivity contribution in [2.75, 3.05) is 6.61 Å². The third-order valence-electron chi connectivity index (χ3n) is 2.65. The van der Waals surface area contributed by atoms with Crippen LogP contribution in [0.1, 0.15) is 17.3 Å². The molecular weight excluding hydrogens is 232 g/mol. The van der Waals surface area contributed by atoms with E-state index in [2.05, 4.69) is 10.4 Å². The molecule has 0 saturated carbocycles. The number of nitrogens with zero attached hydrogens (tertiary/aromatic N) is 3. The average Bonchev–Trinajstić information content (AvgIpc) is 2.97. The Bertz CT molecular complexity index is 530. The molecular formula is C12H16N4O2. The molecule has 1 unspecified atom stereocenters. The Hall–Kier alpha value is -2.08. The van der Waals surface area contributed by atoms with Gasteiger partial charge in [-0.1, -0.05) is 0 Å². The van der Waals surface area contributed by atoms with Crippen molar-refractivity contribution in [3.8, 4) is 5.82 Å². The Labute approximate surface area is 105 Å². The van der Waals surface area contributed by atoms with Crippen molar-refractivity contribution in [2.45, 2.75) is 13.0 Å². The summed E-state index contributed by atoms with van der Waals surface area (Å²) in [6.45, 7) is 1.65. The first-order chi connectivity index (χ1) is 8.63. The van der Waals surface area contributed by atoms with Gasteiger partial charge in [0.1, 0.15) is 11.4 Å². The van der Waals surface area contributed by atoms with E-state index in [1.165, 1.54) is 6.20 Å². The van der Waals surface area contributed by atoms with Gasteiger partial charge < -0.3 is 15.0 Å². The summed E-state index contributed by atoms with van der Waals surface area (Å²) < 4.78 is 3.46. The zero-order valence-corrected chi connectivity index (χ0v) is 10.4. The normalized spacial score (nSPS) is 12.4. The van der Waals surface area contributed by atoms with Crippen LogP contribution in [0, 0.1) is 0 Å². The standard InChI is InChI=1S/C12H16N4O2/c1-9(8-17)14-11(18)10-7-13-15(2)12(10)16-5-3-4-6-16/h3-7,9,17H,8H2,1-2H3,(H,14,18). The van der Waals surface area contributed by atoms with E-state index in [9.17, 15) is 4.79 Å². The van der Waals surface area contributed by atoms with Gasteiger partial charge in [-0.3, -0.25) is 9.48 Å². The lowest BCUT2D eigenvalue weighted by molar-refractivity contribution is 0.0922. The molecule has 0 bridgehead atoms. The summed E-state index contributed by atoms with van der Waals surface area (Å²) in [5, 5.41) is 15.8. The van der Waals surface area contributed by atoms with Crippen LogP contribution in [0.15, 0.2) is 30.7 Å². The summed E-state index contributed by atoms with van der Waals surface area (Å²) in [6.07, 6.45) is 5.22. The van der Waals surface area contributed by atoms with Crippen LogP contribution >= 0.6 is 0 Å². The van der Waals surface area contributed by atoms with Gasteiger partial charge in [0, 0.05) is 25.5 Å². The molecule has 0 radical (unpaired) electrons. The predicted molar refractivity (Wildman–Crippen MR) is 66.5 cm³/mol. The Morgan fingerprint density at radius 3 is 2.78 bits per heavy atom. The molecule has 2 aromatic heterocycles. The van der Waals surface area contributed by atoms with Crippen LogP contribution in [0.3, 0.4) is 0 Å². The molecule has 1 atom stereocenters. The third-order valence-corrected chi connectivity index (χ3v) is 2.65. The van der Waals surface area contributed by atoms with Crippen molar-refractivity contribution < 1.29 is 9.90 Å². The molecule has 2 rings (SSSR count). The maximum Gasteiger partial charge on any atom is 0.256 e. The summed E-state index contributed by atoms with van der Waals surface area (Å²) in [7, 11) is 1.78. The monoisotopic (exact) mass is 248 g/mol. The number of nitrogens with one attached hydrogen (secondary N) is 1. The maximum atomic E-state index is 12.1. The van der Waals surface area contributed by atoms with Crippen LogP contribution in [-0.2, 0) is 7.05 Å². The zero-order valence-electron chi connectivity index (χ0n) is 10.4. The Morgan fingerprint density at radius 2 is 2.17 bits per heavy atom. The van der Waals surface area contributed by atoms with Gasteiger partial charge in [0.15, 0.2) is 0 Å². The van der Waals surface area contributed by atoms with Crippen molar-refractivity contribution in [1.82, 2.24) is 19.7 Å². The molecule has 0 aliphatic rings. The fourth-order valence-electron chi connectivity index (χ4n) is 1.72. The van der Waals surface area contributed by atoms with Gasteiger partial charge in [-0.15, -0.1) is 0 Å². The van der Waals surface area contributed by atoms with Gasteiger partial charge in [-0.25, -0.2) is 0 Å². The van der Waals surface area contributed by atoms with Crippen molar-refractivity contribution in [1.29, 1.82) is 0 Å². The number of aliphatic hydroxyl groups excluding tert-OH is 1. The topological polar surface area (TPSA) is 72.1 Å². The van der Waals surface area contributed by atoms with Gasteiger partial charge in [0.2, 0.25) is 0 Å². The van der Waals surface area contributed by atoms with Crippen molar-refractivity contribution >= 4 is 5.91 Å². The van der Waals surface area contributed by atoms with E-state index in [0.29, 0.717) is 11.4 Å². The lowest BCUT2D eigenvalue weighted by Gasteiger charge is -2.11. The highest BCUT2D eigenvalue weighted by Gasteiger charge is 2.18. The second-order valence-corrected chi connectivity index (χ2v) is 4.15. The predicted octanol–water partition coefficient (Wildman–Crippen LogP) is 0.321. The lowest BCUT2D eigenvalue weighted by Crippen LogP contribution is -2.35. The molecule has 0 fully saturated rings. The van der Waals surface area contributed by atoms with Crippen LogP contribution in [0.2, 0.25) is 0 Å². The fraction of sp³-hybridized carbons (Fsp3) is 0.333. The van der Waals surface area contributed by atoms with E-state index in [4.69, 9.17) is 5.11 Å². The van der Waals surface area contributed by atoms with Crippen LogP contribution < -0.4 is 5.32 Å². The largest absolute Gasteiger partial charge is 0.394 e. The molecule has 18 heavy (non-hydrogen) atoms. The minimum absolute atomic E-state index is 0.0924. The van der Waals surface area contributed by atoms with E-state index in [1.807, 2.05) is 29.1 Å². The number of aryl methyl sites for hydroxylation is 1. The highest BCUT2D eigenvalue weighted by molar-refractivity contribution is 5.97. The van der Waals surface area contributed by atoms with Crippen molar-refractivity contribution in [2.24, 2.45) is 7.05 Å². The molecule has 0 spiro atoms. The highest BCUT2D eigenvalue weighted by atomic mass is 16.3. The molecule has 0 saturated heterocycles. The Balaban J connectivity index is 2.32. The highest BCUT2D eigenvalue weighted by Crippen LogP contribution is 2.13. The number of carbonyl (C=O) groups is 1. The maximum absolute atomic E-state index is 12.1. The van der Waals surface area contributed by atoms with Crippen LogP contribution in [0.5, 0.6) is 0 Å². The van der Waals surface area contributed by atoms with E-state index in [1.54, 1.807) is 18.7 Å². The first-order valence-electron chi connectivity index (χ1n) is 5.70. The van der Waals surface area contributed by atoms with Gasteiger partial charge in [0.05, 0.1) is 12.8 Å². The van der Waals surface area contributed by atoms with Crippen molar-refractivity contribution in [3.05, 3.63) is 36.3 Å². The molecule has 0 aliphatic heterocycles. The summed E-state index contributed by atoms with van der Waals surface area (Å²) in [5.74, 6) is 0.455. The van der Waals surface area contributed by atoms with E-state index >= 15 is 0 Å². The Morgan fingerprint density at radius 1 is 1.50 bits per heavy atom. The van der Waals surface area contributed by atoms with E-state index < -0.39 is 0 Å². The number of amides is 1. The number of aliphatic hydroxyl groups is 1. The first-order valence-corrected chi connectivity index (χ1v) is 5.70. The minimum atomic E-state index is -0.282. The van der Waals surface area contributed by atoms with E-state index in [-0.39, 0.29) is 18.6 Å². The molecule has 6 nitrogen and oxygen atoms in total. The summed E-state index contributed by atoms with van der Waals surface area (Å²) in [6, 6.07) is 3.48. The second kappa shape index (κ2) is 5.05. The quantitative estimate of drug-likeness (QED) is 0.818. The first kappa shape index (κ1) is 12.4. The molecule has 0 aromatic carbocycles. The number of hydrogen-bond donors (Lipinski definition) is 2.